The summed E-state index contributed by atoms with van der Waals surface area (Å²) in [4.78, 5) is 20.2. The number of hydrogen-bond acceptors (Lipinski definition) is 6. The van der Waals surface area contributed by atoms with E-state index in [0.29, 0.717) is 35.7 Å². The van der Waals surface area contributed by atoms with Crippen LogP contribution in [0.5, 0.6) is 0 Å². The van der Waals surface area contributed by atoms with Crippen molar-refractivity contribution in [1.82, 2.24) is 9.55 Å². The lowest BCUT2D eigenvalue weighted by atomic mass is 9.94. The van der Waals surface area contributed by atoms with Gasteiger partial charge in [-0.15, -0.1) is 11.3 Å². The molecule has 0 saturated heterocycles. The SMILES string of the molecule is CC1(C)Cc2c(sc3nc(SCCC#N)n(-c4ccccc4)c(=O)c23)CO1. The van der Waals surface area contributed by atoms with E-state index in [9.17, 15) is 4.79 Å². The van der Waals surface area contributed by atoms with Crippen LogP contribution >= 0.6 is 23.1 Å². The summed E-state index contributed by atoms with van der Waals surface area (Å²) in [5, 5.41) is 10.2. The number of fused-ring (bicyclic) bond motifs is 3. The second kappa shape index (κ2) is 7.12. The van der Waals surface area contributed by atoms with Crippen molar-refractivity contribution in [3.63, 3.8) is 0 Å². The van der Waals surface area contributed by atoms with Crippen LogP contribution in [0.25, 0.3) is 15.9 Å². The molecule has 0 unspecified atom stereocenters. The molecule has 0 saturated carbocycles. The third-order valence-corrected chi connectivity index (χ3v) is 6.57. The maximum atomic E-state index is 13.5. The molecule has 0 atom stereocenters. The molecular weight excluding hydrogens is 378 g/mol. The normalized spacial score (nSPS) is 15.4. The summed E-state index contributed by atoms with van der Waals surface area (Å²) in [6, 6.07) is 11.7. The van der Waals surface area contributed by atoms with E-state index in [2.05, 4.69) is 19.9 Å². The smallest absolute Gasteiger partial charge is 0.267 e. The Bertz CT molecular complexity index is 1090. The zero-order chi connectivity index (χ0) is 19.0. The number of benzene rings is 1. The van der Waals surface area contributed by atoms with Gasteiger partial charge in [0.2, 0.25) is 0 Å². The molecule has 0 fully saturated rings. The first-order chi connectivity index (χ1) is 13.0. The van der Waals surface area contributed by atoms with Gasteiger partial charge in [-0.2, -0.15) is 5.26 Å². The van der Waals surface area contributed by atoms with Crippen LogP contribution in [0.15, 0.2) is 40.3 Å². The van der Waals surface area contributed by atoms with Crippen LogP contribution in [0.1, 0.15) is 30.7 Å². The van der Waals surface area contributed by atoms with Crippen molar-refractivity contribution in [1.29, 1.82) is 5.26 Å². The Balaban J connectivity index is 1.95. The van der Waals surface area contributed by atoms with E-state index in [0.717, 1.165) is 21.0 Å². The number of para-hydroxylation sites is 1. The quantitative estimate of drug-likeness (QED) is 0.373. The first kappa shape index (κ1) is 18.2. The molecular formula is C20H19N3O2S2. The molecule has 2 aromatic heterocycles. The van der Waals surface area contributed by atoms with Gasteiger partial charge in [-0.05, 0) is 31.5 Å². The minimum absolute atomic E-state index is 0.0409. The van der Waals surface area contributed by atoms with Gasteiger partial charge in [-0.3, -0.25) is 9.36 Å². The molecule has 1 aliphatic rings. The lowest BCUT2D eigenvalue weighted by molar-refractivity contribution is -0.0379. The lowest BCUT2D eigenvalue weighted by Gasteiger charge is -2.29. The number of hydrogen-bond donors (Lipinski definition) is 0. The van der Waals surface area contributed by atoms with Gasteiger partial charge in [-0.25, -0.2) is 4.98 Å². The number of ether oxygens (including phenoxy) is 1. The van der Waals surface area contributed by atoms with Gasteiger partial charge in [0.05, 0.1) is 29.4 Å². The molecule has 1 aliphatic heterocycles. The Morgan fingerprint density at radius 1 is 1.37 bits per heavy atom. The predicted molar refractivity (Wildman–Crippen MR) is 109 cm³/mol. The first-order valence-electron chi connectivity index (χ1n) is 8.76. The largest absolute Gasteiger partial charge is 0.370 e. The monoisotopic (exact) mass is 397 g/mol. The molecule has 0 amide bonds. The number of thiophene rings is 1. The van der Waals surface area contributed by atoms with E-state index < -0.39 is 0 Å². The fraction of sp³-hybridized carbons (Fsp3) is 0.350. The topological polar surface area (TPSA) is 67.9 Å². The average Bonchev–Trinajstić information content (AvgIpc) is 2.99. The standard InChI is InChI=1S/C20H19N3O2S2/c1-20(2)11-14-15(12-25-20)27-17-16(14)18(24)23(13-7-4-3-5-8-13)19(22-17)26-10-6-9-21/h3-5,7-8H,6,10-12H2,1-2H3. The van der Waals surface area contributed by atoms with Gasteiger partial charge in [0.25, 0.3) is 5.56 Å². The third kappa shape index (κ3) is 3.41. The van der Waals surface area contributed by atoms with Crippen molar-refractivity contribution in [3.8, 4) is 11.8 Å². The second-order valence-electron chi connectivity index (χ2n) is 7.04. The highest BCUT2D eigenvalue weighted by Crippen LogP contribution is 2.37. The molecule has 0 aliphatic carbocycles. The van der Waals surface area contributed by atoms with Crippen molar-refractivity contribution in [2.45, 2.75) is 44.1 Å². The maximum Gasteiger partial charge on any atom is 0.267 e. The molecule has 1 aromatic carbocycles. The number of rotatable bonds is 4. The molecule has 3 heterocycles. The van der Waals surface area contributed by atoms with Crippen LogP contribution in [0.2, 0.25) is 0 Å². The van der Waals surface area contributed by atoms with E-state index in [1.807, 2.05) is 30.3 Å². The van der Waals surface area contributed by atoms with Gasteiger partial charge >= 0.3 is 0 Å². The van der Waals surface area contributed by atoms with Crippen molar-refractivity contribution in [3.05, 3.63) is 51.1 Å². The Hall–Kier alpha value is -2.14. The molecule has 0 bridgehead atoms. The van der Waals surface area contributed by atoms with Gasteiger partial charge in [0, 0.05) is 23.5 Å². The minimum Gasteiger partial charge on any atom is -0.370 e. The fourth-order valence-electron chi connectivity index (χ4n) is 3.26. The zero-order valence-corrected chi connectivity index (χ0v) is 16.8. The highest BCUT2D eigenvalue weighted by molar-refractivity contribution is 7.99. The third-order valence-electron chi connectivity index (χ3n) is 4.53. The molecule has 27 heavy (non-hydrogen) atoms. The summed E-state index contributed by atoms with van der Waals surface area (Å²) in [6.07, 6.45) is 1.12. The van der Waals surface area contributed by atoms with Crippen LogP contribution in [-0.4, -0.2) is 20.9 Å². The Morgan fingerprint density at radius 3 is 2.89 bits per heavy atom. The molecule has 7 heteroatoms. The Morgan fingerprint density at radius 2 is 2.15 bits per heavy atom. The summed E-state index contributed by atoms with van der Waals surface area (Å²) < 4.78 is 7.60. The van der Waals surface area contributed by atoms with E-state index in [-0.39, 0.29) is 11.2 Å². The average molecular weight is 398 g/mol. The summed E-state index contributed by atoms with van der Waals surface area (Å²) in [6.45, 7) is 4.62. The molecule has 138 valence electrons. The second-order valence-corrected chi connectivity index (χ2v) is 9.18. The highest BCUT2D eigenvalue weighted by atomic mass is 32.2. The molecule has 4 rings (SSSR count). The number of aromatic nitrogens is 2. The molecule has 0 N–H and O–H groups in total. The maximum absolute atomic E-state index is 13.5. The summed E-state index contributed by atoms with van der Waals surface area (Å²) in [5.74, 6) is 0.600. The zero-order valence-electron chi connectivity index (χ0n) is 15.2. The van der Waals surface area contributed by atoms with Crippen molar-refractivity contribution in [2.24, 2.45) is 0 Å². The molecule has 3 aromatic rings. The van der Waals surface area contributed by atoms with Crippen molar-refractivity contribution in [2.75, 3.05) is 5.75 Å². The van der Waals surface area contributed by atoms with E-state index in [4.69, 9.17) is 15.0 Å². The minimum atomic E-state index is -0.286. The van der Waals surface area contributed by atoms with E-state index in [1.54, 1.807) is 15.9 Å². The summed E-state index contributed by atoms with van der Waals surface area (Å²) >= 11 is 2.99. The number of thioether (sulfide) groups is 1. The molecule has 0 spiro atoms. The van der Waals surface area contributed by atoms with Crippen LogP contribution in [0.4, 0.5) is 0 Å². The van der Waals surface area contributed by atoms with Crippen LogP contribution in [0, 0.1) is 11.3 Å². The van der Waals surface area contributed by atoms with Crippen molar-refractivity contribution < 1.29 is 4.74 Å². The van der Waals surface area contributed by atoms with Gasteiger partial charge in [0.1, 0.15) is 4.83 Å². The van der Waals surface area contributed by atoms with Crippen molar-refractivity contribution >= 4 is 33.3 Å². The molecule has 0 radical (unpaired) electrons. The molecule has 5 nitrogen and oxygen atoms in total. The Kier molecular flexibility index (Phi) is 4.81. The van der Waals surface area contributed by atoms with E-state index in [1.165, 1.54) is 11.8 Å². The Labute approximate surface area is 165 Å². The van der Waals surface area contributed by atoms with Gasteiger partial charge < -0.3 is 4.74 Å². The van der Waals surface area contributed by atoms with Gasteiger partial charge in [0.15, 0.2) is 5.16 Å². The van der Waals surface area contributed by atoms with E-state index >= 15 is 0 Å². The summed E-state index contributed by atoms with van der Waals surface area (Å²) in [7, 11) is 0. The van der Waals surface area contributed by atoms with Crippen LogP contribution in [0.3, 0.4) is 0 Å². The fourth-order valence-corrected chi connectivity index (χ4v) is 5.26. The summed E-state index contributed by atoms with van der Waals surface area (Å²) in [5.41, 5.74) is 1.54. The lowest BCUT2D eigenvalue weighted by Crippen LogP contribution is -2.32. The first-order valence-corrected chi connectivity index (χ1v) is 10.6. The number of nitriles is 1. The number of nitrogens with zero attached hydrogens (tertiary/aromatic N) is 3. The van der Waals surface area contributed by atoms with Crippen LogP contribution < -0.4 is 5.56 Å². The highest BCUT2D eigenvalue weighted by Gasteiger charge is 2.31. The van der Waals surface area contributed by atoms with Crippen LogP contribution in [-0.2, 0) is 17.8 Å². The van der Waals surface area contributed by atoms with Gasteiger partial charge in [-0.1, -0.05) is 30.0 Å². The predicted octanol–water partition coefficient (Wildman–Crippen LogP) is 4.30.